The lowest BCUT2D eigenvalue weighted by molar-refractivity contribution is 0.102. The molecule has 1 amide bonds. The zero-order valence-electron chi connectivity index (χ0n) is 11.3. The highest BCUT2D eigenvalue weighted by Gasteiger charge is 2.10. The minimum absolute atomic E-state index is 0.126. The van der Waals surface area contributed by atoms with Crippen LogP contribution < -0.4 is 5.32 Å². The number of carbonyl (C=O) groups is 1. The van der Waals surface area contributed by atoms with Crippen molar-refractivity contribution < 1.29 is 9.21 Å². The predicted octanol–water partition coefficient (Wildman–Crippen LogP) is 3.70. The number of hydrogen-bond donors (Lipinski definition) is 1. The molecular formula is C16H14N2O2. The first-order valence-electron chi connectivity index (χ1n) is 6.37. The van der Waals surface area contributed by atoms with Gasteiger partial charge in [0.15, 0.2) is 11.5 Å². The Balaban J connectivity index is 1.89. The molecule has 1 N–H and O–H groups in total. The molecule has 100 valence electrons. The molecule has 0 saturated heterocycles. The van der Waals surface area contributed by atoms with Crippen molar-refractivity contribution in [2.45, 2.75) is 13.8 Å². The van der Waals surface area contributed by atoms with Crippen LogP contribution in [0.2, 0.25) is 0 Å². The molecule has 0 aliphatic carbocycles. The number of benzene rings is 2. The number of rotatable bonds is 2. The van der Waals surface area contributed by atoms with E-state index in [1.54, 1.807) is 13.0 Å². The minimum atomic E-state index is -0.126. The molecule has 0 saturated carbocycles. The number of aryl methyl sites for hydroxylation is 2. The van der Waals surface area contributed by atoms with E-state index in [4.69, 9.17) is 4.42 Å². The van der Waals surface area contributed by atoms with Crippen molar-refractivity contribution in [1.82, 2.24) is 4.98 Å². The van der Waals surface area contributed by atoms with Gasteiger partial charge in [-0.25, -0.2) is 4.98 Å². The number of carbonyl (C=O) groups excluding carboxylic acids is 1. The standard InChI is InChI=1S/C16H14N2O2/c1-10-5-3-4-6-13(10)16(19)18-12-7-8-14-15(9-12)20-11(2)17-14/h3-9H,1-2H3,(H,18,19). The SMILES string of the molecule is Cc1nc2ccc(NC(=O)c3ccccc3C)cc2o1. The van der Waals surface area contributed by atoms with Crippen LogP contribution in [-0.2, 0) is 0 Å². The van der Waals surface area contributed by atoms with Gasteiger partial charge in [-0.05, 0) is 30.7 Å². The fraction of sp³-hybridized carbons (Fsp3) is 0.125. The minimum Gasteiger partial charge on any atom is -0.441 e. The van der Waals surface area contributed by atoms with Gasteiger partial charge in [0.1, 0.15) is 5.52 Å². The Hall–Kier alpha value is -2.62. The van der Waals surface area contributed by atoms with Gasteiger partial charge in [-0.2, -0.15) is 0 Å². The molecule has 4 nitrogen and oxygen atoms in total. The molecule has 4 heteroatoms. The Kier molecular flexibility index (Phi) is 2.99. The smallest absolute Gasteiger partial charge is 0.255 e. The van der Waals surface area contributed by atoms with E-state index in [2.05, 4.69) is 10.3 Å². The molecule has 1 heterocycles. The summed E-state index contributed by atoms with van der Waals surface area (Å²) in [4.78, 5) is 16.4. The van der Waals surface area contributed by atoms with Crippen LogP contribution in [0.15, 0.2) is 46.9 Å². The van der Waals surface area contributed by atoms with E-state index in [1.807, 2.05) is 43.3 Å². The number of hydrogen-bond acceptors (Lipinski definition) is 3. The zero-order valence-corrected chi connectivity index (χ0v) is 11.3. The van der Waals surface area contributed by atoms with E-state index in [1.165, 1.54) is 0 Å². The molecule has 0 radical (unpaired) electrons. The molecule has 3 aromatic rings. The quantitative estimate of drug-likeness (QED) is 0.769. The Labute approximate surface area is 116 Å². The monoisotopic (exact) mass is 266 g/mol. The van der Waals surface area contributed by atoms with Crippen molar-refractivity contribution in [2.24, 2.45) is 0 Å². The summed E-state index contributed by atoms with van der Waals surface area (Å²) in [6, 6.07) is 12.9. The maximum Gasteiger partial charge on any atom is 0.255 e. The number of nitrogens with zero attached hydrogens (tertiary/aromatic N) is 1. The van der Waals surface area contributed by atoms with Gasteiger partial charge in [-0.3, -0.25) is 4.79 Å². The largest absolute Gasteiger partial charge is 0.441 e. The van der Waals surface area contributed by atoms with E-state index in [9.17, 15) is 4.79 Å². The van der Waals surface area contributed by atoms with Gasteiger partial charge in [-0.15, -0.1) is 0 Å². The second kappa shape index (κ2) is 4.81. The molecule has 0 atom stereocenters. The van der Waals surface area contributed by atoms with Crippen molar-refractivity contribution in [3.8, 4) is 0 Å². The second-order valence-electron chi connectivity index (χ2n) is 4.68. The summed E-state index contributed by atoms with van der Waals surface area (Å²) in [6.45, 7) is 3.71. The number of nitrogens with one attached hydrogen (secondary N) is 1. The zero-order chi connectivity index (χ0) is 14.1. The fourth-order valence-electron chi connectivity index (χ4n) is 2.14. The Morgan fingerprint density at radius 3 is 2.75 bits per heavy atom. The summed E-state index contributed by atoms with van der Waals surface area (Å²) in [5.74, 6) is 0.487. The van der Waals surface area contributed by atoms with E-state index in [-0.39, 0.29) is 5.91 Å². The molecule has 0 aliphatic rings. The highest BCUT2D eigenvalue weighted by atomic mass is 16.3. The third-order valence-corrected chi connectivity index (χ3v) is 3.14. The van der Waals surface area contributed by atoms with Crippen LogP contribution >= 0.6 is 0 Å². The highest BCUT2D eigenvalue weighted by Crippen LogP contribution is 2.20. The van der Waals surface area contributed by atoms with Crippen LogP contribution in [0.25, 0.3) is 11.1 Å². The van der Waals surface area contributed by atoms with E-state index >= 15 is 0 Å². The number of anilines is 1. The van der Waals surface area contributed by atoms with Gasteiger partial charge in [0, 0.05) is 24.2 Å². The van der Waals surface area contributed by atoms with Gasteiger partial charge in [-0.1, -0.05) is 18.2 Å². The number of oxazole rings is 1. The lowest BCUT2D eigenvalue weighted by Gasteiger charge is -2.07. The predicted molar refractivity (Wildman–Crippen MR) is 77.9 cm³/mol. The Bertz CT molecular complexity index is 790. The van der Waals surface area contributed by atoms with Crippen LogP contribution in [0.5, 0.6) is 0 Å². The lowest BCUT2D eigenvalue weighted by atomic mass is 10.1. The molecule has 0 fully saturated rings. The van der Waals surface area contributed by atoms with Crippen molar-refractivity contribution >= 4 is 22.7 Å². The Morgan fingerprint density at radius 1 is 1.15 bits per heavy atom. The summed E-state index contributed by atoms with van der Waals surface area (Å²) in [6.07, 6.45) is 0. The fourth-order valence-corrected chi connectivity index (χ4v) is 2.14. The van der Waals surface area contributed by atoms with Gasteiger partial charge in [0.2, 0.25) is 0 Å². The summed E-state index contributed by atoms with van der Waals surface area (Å²) < 4.78 is 5.46. The normalized spacial score (nSPS) is 10.7. The molecule has 0 aliphatic heterocycles. The third-order valence-electron chi connectivity index (χ3n) is 3.14. The molecule has 2 aromatic carbocycles. The topological polar surface area (TPSA) is 55.1 Å². The van der Waals surface area contributed by atoms with Gasteiger partial charge < -0.3 is 9.73 Å². The van der Waals surface area contributed by atoms with Crippen molar-refractivity contribution in [3.63, 3.8) is 0 Å². The Morgan fingerprint density at radius 2 is 1.95 bits per heavy atom. The van der Waals surface area contributed by atoms with Crippen LogP contribution in [0.4, 0.5) is 5.69 Å². The van der Waals surface area contributed by atoms with Gasteiger partial charge >= 0.3 is 0 Å². The molecule has 1 aromatic heterocycles. The summed E-state index contributed by atoms with van der Waals surface area (Å²) in [5, 5.41) is 2.87. The number of amides is 1. The maximum atomic E-state index is 12.2. The van der Waals surface area contributed by atoms with Crippen LogP contribution in [0, 0.1) is 13.8 Å². The lowest BCUT2D eigenvalue weighted by Crippen LogP contribution is -2.13. The van der Waals surface area contributed by atoms with Crippen LogP contribution in [-0.4, -0.2) is 10.9 Å². The summed E-state index contributed by atoms with van der Waals surface area (Å²) in [5.41, 5.74) is 3.77. The molecular weight excluding hydrogens is 252 g/mol. The van der Waals surface area contributed by atoms with E-state index in [0.29, 0.717) is 22.7 Å². The first kappa shape index (κ1) is 12.4. The summed E-state index contributed by atoms with van der Waals surface area (Å²) in [7, 11) is 0. The molecule has 0 unspecified atom stereocenters. The van der Waals surface area contributed by atoms with Crippen molar-refractivity contribution in [1.29, 1.82) is 0 Å². The molecule has 0 spiro atoms. The molecule has 0 bridgehead atoms. The average Bonchev–Trinajstić information content (AvgIpc) is 2.78. The van der Waals surface area contributed by atoms with Crippen molar-refractivity contribution in [2.75, 3.05) is 5.32 Å². The number of aromatic nitrogens is 1. The highest BCUT2D eigenvalue weighted by molar-refractivity contribution is 6.05. The first-order chi connectivity index (χ1) is 9.63. The maximum absolute atomic E-state index is 12.2. The van der Waals surface area contributed by atoms with Gasteiger partial charge in [0.05, 0.1) is 0 Å². The number of fused-ring (bicyclic) bond motifs is 1. The van der Waals surface area contributed by atoms with Crippen LogP contribution in [0.3, 0.4) is 0 Å². The summed E-state index contributed by atoms with van der Waals surface area (Å²) >= 11 is 0. The van der Waals surface area contributed by atoms with E-state index < -0.39 is 0 Å². The molecule has 3 rings (SSSR count). The van der Waals surface area contributed by atoms with Crippen molar-refractivity contribution in [3.05, 3.63) is 59.5 Å². The molecule has 20 heavy (non-hydrogen) atoms. The van der Waals surface area contributed by atoms with E-state index in [0.717, 1.165) is 11.1 Å². The third kappa shape index (κ3) is 2.28. The van der Waals surface area contributed by atoms with Crippen LogP contribution in [0.1, 0.15) is 21.8 Å². The van der Waals surface area contributed by atoms with Gasteiger partial charge in [0.25, 0.3) is 5.91 Å². The second-order valence-corrected chi connectivity index (χ2v) is 4.68. The average molecular weight is 266 g/mol. The first-order valence-corrected chi connectivity index (χ1v) is 6.37.